The van der Waals surface area contributed by atoms with E-state index in [1.807, 2.05) is 6.07 Å². The Labute approximate surface area is 187 Å². The highest BCUT2D eigenvalue weighted by atomic mass is 35.5. The first kappa shape index (κ1) is 21.0. The Balaban J connectivity index is 1.21. The molecule has 2 N–H and O–H groups in total. The number of carbonyl (C=O) groups is 2. The van der Waals surface area contributed by atoms with Gasteiger partial charge in [0.05, 0.1) is 12.1 Å². The number of amides is 2. The lowest BCUT2D eigenvalue weighted by Gasteiger charge is -2.25. The average molecular weight is 460 g/mol. The van der Waals surface area contributed by atoms with Gasteiger partial charge in [-0.2, -0.15) is 0 Å². The van der Waals surface area contributed by atoms with Gasteiger partial charge in [-0.1, -0.05) is 23.7 Å². The van der Waals surface area contributed by atoms with Crippen LogP contribution in [0.4, 0.5) is 0 Å². The van der Waals surface area contributed by atoms with Crippen molar-refractivity contribution < 1.29 is 23.8 Å². The minimum Gasteiger partial charge on any atom is -0.486 e. The van der Waals surface area contributed by atoms with Crippen molar-refractivity contribution in [2.75, 3.05) is 6.61 Å². The largest absolute Gasteiger partial charge is 0.486 e. The Morgan fingerprint density at radius 3 is 2.71 bits per heavy atom. The second-order valence-corrected chi connectivity index (χ2v) is 7.93. The molecule has 2 heterocycles. The molecule has 0 saturated heterocycles. The van der Waals surface area contributed by atoms with Gasteiger partial charge in [0.1, 0.15) is 24.0 Å². The number of benzene rings is 2. The van der Waals surface area contributed by atoms with Crippen molar-refractivity contribution in [3.63, 3.8) is 0 Å². The molecule has 0 fully saturated rings. The Morgan fingerprint density at radius 2 is 1.90 bits per heavy atom. The van der Waals surface area contributed by atoms with Crippen LogP contribution in [0.25, 0.3) is 0 Å². The van der Waals surface area contributed by atoms with Crippen molar-refractivity contribution in [1.29, 1.82) is 0 Å². The van der Waals surface area contributed by atoms with E-state index in [1.165, 1.54) is 11.3 Å². The highest BCUT2D eigenvalue weighted by molar-refractivity contribution is 7.09. The van der Waals surface area contributed by atoms with Gasteiger partial charge in [-0.05, 0) is 36.4 Å². The van der Waals surface area contributed by atoms with Gasteiger partial charge in [-0.15, -0.1) is 11.3 Å². The Bertz CT molecular complexity index is 1070. The van der Waals surface area contributed by atoms with Crippen molar-refractivity contribution in [2.24, 2.45) is 0 Å². The van der Waals surface area contributed by atoms with Gasteiger partial charge in [0.2, 0.25) is 12.0 Å². The molecule has 0 bridgehead atoms. The standard InChI is InChI=1S/C21H18ClN3O5S/c22-13-5-7-15(8-6-13)28-11-20-23-14(12-31-20)9-19(26)24-25-21(27)18-10-29-16-3-1-2-4-17(16)30-18/h1-8,12,18H,9-11H2,(H,24,26)(H,25,27). The van der Waals surface area contributed by atoms with Gasteiger partial charge in [-0.25, -0.2) is 4.98 Å². The smallest absolute Gasteiger partial charge is 0.283 e. The number of nitrogens with zero attached hydrogens (tertiary/aromatic N) is 1. The van der Waals surface area contributed by atoms with Crippen molar-refractivity contribution in [1.82, 2.24) is 15.8 Å². The maximum Gasteiger partial charge on any atom is 0.283 e. The molecule has 160 valence electrons. The second-order valence-electron chi connectivity index (χ2n) is 6.55. The molecule has 0 aliphatic carbocycles. The molecule has 1 atom stereocenters. The lowest BCUT2D eigenvalue weighted by molar-refractivity contribution is -0.134. The van der Waals surface area contributed by atoms with E-state index < -0.39 is 17.9 Å². The maximum absolute atomic E-state index is 12.2. The van der Waals surface area contributed by atoms with Gasteiger partial charge in [0.25, 0.3) is 5.91 Å². The van der Waals surface area contributed by atoms with Gasteiger partial charge in [-0.3, -0.25) is 20.4 Å². The molecule has 1 aliphatic rings. The molecular formula is C21H18ClN3O5S. The summed E-state index contributed by atoms with van der Waals surface area (Å²) in [7, 11) is 0. The number of hydrogen-bond donors (Lipinski definition) is 2. The molecule has 1 aromatic heterocycles. The fourth-order valence-electron chi connectivity index (χ4n) is 2.74. The number of para-hydroxylation sites is 2. The summed E-state index contributed by atoms with van der Waals surface area (Å²) in [5.74, 6) is 0.836. The van der Waals surface area contributed by atoms with Crippen LogP contribution >= 0.6 is 22.9 Å². The van der Waals surface area contributed by atoms with Crippen molar-refractivity contribution in [3.05, 3.63) is 69.6 Å². The Morgan fingerprint density at radius 1 is 1.13 bits per heavy atom. The summed E-state index contributed by atoms with van der Waals surface area (Å²) in [5, 5.41) is 3.14. The molecule has 10 heteroatoms. The third-order valence-electron chi connectivity index (χ3n) is 4.24. The predicted octanol–water partition coefficient (Wildman–Crippen LogP) is 2.91. The van der Waals surface area contributed by atoms with Crippen LogP contribution in [-0.4, -0.2) is 29.5 Å². The second kappa shape index (κ2) is 9.67. The molecule has 31 heavy (non-hydrogen) atoms. The van der Waals surface area contributed by atoms with E-state index in [1.54, 1.807) is 47.8 Å². The third-order valence-corrected chi connectivity index (χ3v) is 5.37. The number of thiazole rings is 1. The molecule has 1 aliphatic heterocycles. The summed E-state index contributed by atoms with van der Waals surface area (Å²) in [6.45, 7) is 0.340. The van der Waals surface area contributed by atoms with E-state index in [0.29, 0.717) is 28.0 Å². The molecule has 2 aromatic carbocycles. The van der Waals surface area contributed by atoms with Gasteiger partial charge in [0, 0.05) is 10.4 Å². The number of ether oxygens (including phenoxy) is 3. The van der Waals surface area contributed by atoms with Crippen LogP contribution in [0.3, 0.4) is 0 Å². The highest BCUT2D eigenvalue weighted by Crippen LogP contribution is 2.30. The van der Waals surface area contributed by atoms with E-state index in [0.717, 1.165) is 5.01 Å². The number of hydrazine groups is 1. The van der Waals surface area contributed by atoms with E-state index in [4.69, 9.17) is 25.8 Å². The first-order valence-corrected chi connectivity index (χ1v) is 10.6. The lowest BCUT2D eigenvalue weighted by atomic mass is 10.2. The highest BCUT2D eigenvalue weighted by Gasteiger charge is 2.27. The zero-order chi connectivity index (χ0) is 21.6. The zero-order valence-electron chi connectivity index (χ0n) is 16.2. The van der Waals surface area contributed by atoms with Crippen molar-refractivity contribution >= 4 is 34.8 Å². The maximum atomic E-state index is 12.2. The lowest BCUT2D eigenvalue weighted by Crippen LogP contribution is -2.51. The summed E-state index contributed by atoms with van der Waals surface area (Å²) in [4.78, 5) is 28.8. The van der Waals surface area contributed by atoms with E-state index in [2.05, 4.69) is 15.8 Å². The quantitative estimate of drug-likeness (QED) is 0.550. The minimum absolute atomic E-state index is 0.0165. The predicted molar refractivity (Wildman–Crippen MR) is 114 cm³/mol. The van der Waals surface area contributed by atoms with Crippen LogP contribution in [0.15, 0.2) is 53.9 Å². The first-order valence-electron chi connectivity index (χ1n) is 9.35. The first-order chi connectivity index (χ1) is 15.1. The monoisotopic (exact) mass is 459 g/mol. The van der Waals surface area contributed by atoms with Crippen LogP contribution < -0.4 is 25.1 Å². The van der Waals surface area contributed by atoms with E-state index in [9.17, 15) is 9.59 Å². The molecule has 0 radical (unpaired) electrons. The van der Waals surface area contributed by atoms with Crippen molar-refractivity contribution in [3.8, 4) is 17.2 Å². The third kappa shape index (κ3) is 5.65. The molecule has 8 nitrogen and oxygen atoms in total. The molecular weight excluding hydrogens is 442 g/mol. The number of fused-ring (bicyclic) bond motifs is 1. The molecule has 0 saturated carbocycles. The summed E-state index contributed by atoms with van der Waals surface area (Å²) < 4.78 is 16.7. The average Bonchev–Trinajstić information content (AvgIpc) is 3.24. The zero-order valence-corrected chi connectivity index (χ0v) is 17.7. The molecule has 2 amide bonds. The van der Waals surface area contributed by atoms with Crippen LogP contribution in [0, 0.1) is 0 Å². The summed E-state index contributed by atoms with van der Waals surface area (Å²) in [6.07, 6.45) is -0.839. The van der Waals surface area contributed by atoms with Crippen LogP contribution in [0.5, 0.6) is 17.2 Å². The van der Waals surface area contributed by atoms with Crippen LogP contribution in [0.1, 0.15) is 10.7 Å². The summed E-state index contributed by atoms with van der Waals surface area (Å²) in [5.41, 5.74) is 5.31. The number of hydrogen-bond acceptors (Lipinski definition) is 7. The molecule has 0 spiro atoms. The van der Waals surface area contributed by atoms with Crippen LogP contribution in [-0.2, 0) is 22.6 Å². The van der Waals surface area contributed by atoms with E-state index in [-0.39, 0.29) is 19.6 Å². The molecule has 1 unspecified atom stereocenters. The van der Waals surface area contributed by atoms with Gasteiger partial charge >= 0.3 is 0 Å². The summed E-state index contributed by atoms with van der Waals surface area (Å²) >= 11 is 7.24. The van der Waals surface area contributed by atoms with E-state index >= 15 is 0 Å². The number of rotatable bonds is 6. The van der Waals surface area contributed by atoms with Gasteiger partial charge < -0.3 is 14.2 Å². The number of carbonyl (C=O) groups excluding carboxylic acids is 2. The SMILES string of the molecule is O=C(Cc1csc(COc2ccc(Cl)cc2)n1)NNC(=O)C1COc2ccccc2O1. The molecule has 4 rings (SSSR count). The number of aromatic nitrogens is 1. The fraction of sp³-hybridized carbons (Fsp3) is 0.190. The number of halogens is 1. The number of nitrogens with one attached hydrogen (secondary N) is 2. The minimum atomic E-state index is -0.855. The Kier molecular flexibility index (Phi) is 6.54. The van der Waals surface area contributed by atoms with Crippen molar-refractivity contribution in [2.45, 2.75) is 19.1 Å². The normalized spacial score (nSPS) is 14.5. The molecule has 3 aromatic rings. The van der Waals surface area contributed by atoms with Crippen LogP contribution in [0.2, 0.25) is 5.02 Å². The fourth-order valence-corrected chi connectivity index (χ4v) is 3.57. The van der Waals surface area contributed by atoms with Gasteiger partial charge in [0.15, 0.2) is 11.5 Å². The Hall–Kier alpha value is -3.30. The topological polar surface area (TPSA) is 98.8 Å². The summed E-state index contributed by atoms with van der Waals surface area (Å²) in [6, 6.07) is 14.1.